The molecule has 2 heterocycles. The number of aryl methyl sites for hydroxylation is 2. The topological polar surface area (TPSA) is 80.9 Å². The van der Waals surface area contributed by atoms with Crippen LogP contribution in [0.3, 0.4) is 0 Å². The molecule has 25 heavy (non-hydrogen) atoms. The Balaban J connectivity index is 2.09. The Morgan fingerprint density at radius 1 is 1.24 bits per heavy atom. The van der Waals surface area contributed by atoms with E-state index in [0.29, 0.717) is 27.1 Å². The highest BCUT2D eigenvalue weighted by atomic mass is 35.5. The van der Waals surface area contributed by atoms with Crippen LogP contribution in [-0.4, -0.2) is 30.9 Å². The van der Waals surface area contributed by atoms with Crippen LogP contribution in [0.4, 0.5) is 0 Å². The number of hydrogen-bond donors (Lipinski definition) is 1. The SMILES string of the molecule is Cc1nn(-c2ccccc2Cl)c(Cl)c1C=Nn1c(=S)[nH]nc(C)c1=O. The Morgan fingerprint density at radius 3 is 2.68 bits per heavy atom. The van der Waals surface area contributed by atoms with Gasteiger partial charge in [-0.2, -0.15) is 20.0 Å². The molecular weight excluding hydrogens is 383 g/mol. The molecule has 0 fully saturated rings. The molecule has 1 aromatic carbocycles. The van der Waals surface area contributed by atoms with Gasteiger partial charge >= 0.3 is 0 Å². The summed E-state index contributed by atoms with van der Waals surface area (Å²) in [5.74, 6) is 0. The summed E-state index contributed by atoms with van der Waals surface area (Å²) in [7, 11) is 0. The predicted octanol–water partition coefficient (Wildman–Crippen LogP) is 3.29. The maximum atomic E-state index is 12.1. The van der Waals surface area contributed by atoms with E-state index in [9.17, 15) is 4.79 Å². The lowest BCUT2D eigenvalue weighted by molar-refractivity contribution is 0.720. The van der Waals surface area contributed by atoms with Crippen LogP contribution in [0.15, 0.2) is 34.2 Å². The van der Waals surface area contributed by atoms with Crippen LogP contribution in [0.25, 0.3) is 5.69 Å². The second-order valence-electron chi connectivity index (χ2n) is 5.13. The zero-order valence-corrected chi connectivity index (χ0v) is 15.5. The number of para-hydroxylation sites is 1. The van der Waals surface area contributed by atoms with E-state index in [2.05, 4.69) is 20.4 Å². The summed E-state index contributed by atoms with van der Waals surface area (Å²) in [6.07, 6.45) is 1.43. The normalized spacial score (nSPS) is 11.4. The van der Waals surface area contributed by atoms with Gasteiger partial charge < -0.3 is 0 Å². The van der Waals surface area contributed by atoms with E-state index < -0.39 is 5.56 Å². The van der Waals surface area contributed by atoms with Crippen molar-refractivity contribution in [2.45, 2.75) is 13.8 Å². The van der Waals surface area contributed by atoms with Crippen molar-refractivity contribution in [1.82, 2.24) is 24.7 Å². The molecule has 0 unspecified atom stereocenters. The molecular formula is C15H12Cl2N6OS. The second-order valence-corrected chi connectivity index (χ2v) is 6.28. The fourth-order valence-corrected chi connectivity index (χ4v) is 2.84. The van der Waals surface area contributed by atoms with Crippen molar-refractivity contribution in [3.8, 4) is 5.69 Å². The first-order chi connectivity index (χ1) is 11.9. The quantitative estimate of drug-likeness (QED) is 0.545. The summed E-state index contributed by atoms with van der Waals surface area (Å²) >= 11 is 17.7. The maximum Gasteiger partial charge on any atom is 0.296 e. The van der Waals surface area contributed by atoms with Crippen molar-refractivity contribution >= 4 is 41.6 Å². The number of hydrogen-bond acceptors (Lipinski definition) is 5. The third-order valence-electron chi connectivity index (χ3n) is 3.44. The second kappa shape index (κ2) is 6.91. The van der Waals surface area contributed by atoms with Gasteiger partial charge in [-0.15, -0.1) is 0 Å². The first kappa shape index (κ1) is 17.5. The van der Waals surface area contributed by atoms with Gasteiger partial charge in [0.15, 0.2) is 0 Å². The minimum absolute atomic E-state index is 0.0825. The van der Waals surface area contributed by atoms with Gasteiger partial charge in [0.2, 0.25) is 4.77 Å². The Morgan fingerprint density at radius 2 is 1.96 bits per heavy atom. The van der Waals surface area contributed by atoms with E-state index in [0.717, 1.165) is 4.68 Å². The summed E-state index contributed by atoms with van der Waals surface area (Å²) in [6, 6.07) is 7.20. The number of H-pyrrole nitrogens is 1. The minimum Gasteiger partial charge on any atom is -0.265 e. The van der Waals surface area contributed by atoms with Gasteiger partial charge in [-0.25, -0.2) is 4.68 Å². The number of aromatic nitrogens is 5. The molecule has 0 aliphatic rings. The number of rotatable bonds is 3. The standard InChI is InChI=1S/C15H12Cl2N6OS/c1-8-10(7-18-23-14(24)9(2)19-20-15(23)25)13(17)22(21-8)12-6-4-3-5-11(12)16/h3-7H,1-2H3,(H,20,25). The lowest BCUT2D eigenvalue weighted by atomic mass is 10.3. The summed E-state index contributed by atoms with van der Waals surface area (Å²) < 4.78 is 2.64. The molecule has 0 radical (unpaired) electrons. The van der Waals surface area contributed by atoms with Crippen LogP contribution in [0.1, 0.15) is 17.0 Å². The van der Waals surface area contributed by atoms with Gasteiger partial charge in [0.1, 0.15) is 10.8 Å². The first-order valence-corrected chi connectivity index (χ1v) is 8.29. The average molecular weight is 395 g/mol. The molecule has 0 bridgehead atoms. The van der Waals surface area contributed by atoms with Crippen molar-refractivity contribution < 1.29 is 0 Å². The monoisotopic (exact) mass is 394 g/mol. The first-order valence-electron chi connectivity index (χ1n) is 7.13. The van der Waals surface area contributed by atoms with Crippen LogP contribution in [0, 0.1) is 18.6 Å². The molecule has 0 aliphatic heterocycles. The third kappa shape index (κ3) is 3.28. The van der Waals surface area contributed by atoms with Crippen LogP contribution >= 0.6 is 35.4 Å². The summed E-state index contributed by atoms with van der Waals surface area (Å²) in [6.45, 7) is 3.34. The van der Waals surface area contributed by atoms with E-state index in [1.807, 2.05) is 12.1 Å². The lowest BCUT2D eigenvalue weighted by Gasteiger charge is -2.05. The molecule has 2 aromatic heterocycles. The Hall–Kier alpha value is -2.29. The largest absolute Gasteiger partial charge is 0.296 e. The molecule has 3 rings (SSSR count). The molecule has 0 aliphatic carbocycles. The molecule has 0 amide bonds. The summed E-state index contributed by atoms with van der Waals surface area (Å²) in [4.78, 5) is 12.1. The zero-order chi connectivity index (χ0) is 18.1. The summed E-state index contributed by atoms with van der Waals surface area (Å²) in [5, 5.41) is 15.7. The fourth-order valence-electron chi connectivity index (χ4n) is 2.13. The Labute approximate surface area is 157 Å². The minimum atomic E-state index is -0.410. The molecule has 7 nitrogen and oxygen atoms in total. The highest BCUT2D eigenvalue weighted by molar-refractivity contribution is 7.71. The number of halogens is 2. The van der Waals surface area contributed by atoms with Crippen LogP contribution in [0.5, 0.6) is 0 Å². The van der Waals surface area contributed by atoms with E-state index in [1.54, 1.807) is 26.0 Å². The van der Waals surface area contributed by atoms with E-state index in [1.165, 1.54) is 10.9 Å². The van der Waals surface area contributed by atoms with Crippen LogP contribution in [0.2, 0.25) is 10.2 Å². The molecule has 0 spiro atoms. The lowest BCUT2D eigenvalue weighted by Crippen LogP contribution is -2.22. The Bertz CT molecular complexity index is 1100. The summed E-state index contributed by atoms with van der Waals surface area (Å²) in [5.41, 5.74) is 1.67. The molecule has 0 atom stereocenters. The molecule has 10 heteroatoms. The van der Waals surface area contributed by atoms with Gasteiger partial charge in [-0.1, -0.05) is 35.3 Å². The van der Waals surface area contributed by atoms with E-state index >= 15 is 0 Å². The molecule has 0 saturated carbocycles. The molecule has 128 valence electrons. The molecule has 3 aromatic rings. The predicted molar refractivity (Wildman–Crippen MR) is 99.7 cm³/mol. The highest BCUT2D eigenvalue weighted by Gasteiger charge is 2.15. The fraction of sp³-hybridized carbons (Fsp3) is 0.133. The highest BCUT2D eigenvalue weighted by Crippen LogP contribution is 2.26. The van der Waals surface area contributed by atoms with Crippen molar-refractivity contribution in [3.63, 3.8) is 0 Å². The third-order valence-corrected chi connectivity index (χ3v) is 4.39. The number of nitrogens with one attached hydrogen (secondary N) is 1. The van der Waals surface area contributed by atoms with Crippen LogP contribution < -0.4 is 5.56 Å². The maximum absolute atomic E-state index is 12.1. The van der Waals surface area contributed by atoms with E-state index in [4.69, 9.17) is 35.4 Å². The van der Waals surface area contributed by atoms with Crippen molar-refractivity contribution in [3.05, 3.63) is 66.5 Å². The van der Waals surface area contributed by atoms with Crippen molar-refractivity contribution in [2.75, 3.05) is 0 Å². The molecule has 0 saturated heterocycles. The average Bonchev–Trinajstić information content (AvgIpc) is 2.86. The van der Waals surface area contributed by atoms with Gasteiger partial charge in [0.05, 0.1) is 28.2 Å². The van der Waals surface area contributed by atoms with Crippen molar-refractivity contribution in [2.24, 2.45) is 5.10 Å². The van der Waals surface area contributed by atoms with Gasteiger partial charge in [0, 0.05) is 0 Å². The van der Waals surface area contributed by atoms with Crippen LogP contribution in [-0.2, 0) is 0 Å². The molecule has 1 N–H and O–H groups in total. The van der Waals surface area contributed by atoms with Gasteiger partial charge in [-0.3, -0.25) is 9.89 Å². The van der Waals surface area contributed by atoms with Gasteiger partial charge in [-0.05, 0) is 38.2 Å². The Kier molecular flexibility index (Phi) is 4.85. The number of nitrogens with zero attached hydrogens (tertiary/aromatic N) is 5. The number of benzene rings is 1. The van der Waals surface area contributed by atoms with E-state index in [-0.39, 0.29) is 10.5 Å². The van der Waals surface area contributed by atoms with Crippen molar-refractivity contribution in [1.29, 1.82) is 0 Å². The van der Waals surface area contributed by atoms with Gasteiger partial charge in [0.25, 0.3) is 5.56 Å². The zero-order valence-electron chi connectivity index (χ0n) is 13.2. The number of aromatic amines is 1. The smallest absolute Gasteiger partial charge is 0.265 e.